The van der Waals surface area contributed by atoms with Gasteiger partial charge in [0.05, 0.1) is 0 Å². The van der Waals surface area contributed by atoms with Crippen LogP contribution in [0.4, 0.5) is 0 Å². The van der Waals surface area contributed by atoms with Crippen LogP contribution < -0.4 is 5.32 Å². The number of nitrogens with zero attached hydrogens (tertiary/aromatic N) is 2. The molecule has 1 aromatic rings. The van der Waals surface area contributed by atoms with Gasteiger partial charge in [-0.25, -0.2) is 9.97 Å². The number of hydrogen-bond acceptors (Lipinski definition) is 3. The number of nitrogens with one attached hydrogen (secondary N) is 1. The summed E-state index contributed by atoms with van der Waals surface area (Å²) in [6.07, 6.45) is 6.34. The summed E-state index contributed by atoms with van der Waals surface area (Å²) < 4.78 is 0. The molecule has 0 aliphatic rings. The van der Waals surface area contributed by atoms with Crippen molar-refractivity contribution < 1.29 is 0 Å². The predicted octanol–water partition coefficient (Wildman–Crippen LogP) is 1.75. The van der Waals surface area contributed by atoms with Gasteiger partial charge in [0, 0.05) is 30.0 Å². The first-order valence-electron chi connectivity index (χ1n) is 4.63. The van der Waals surface area contributed by atoms with Crippen molar-refractivity contribution >= 4 is 0 Å². The standard InChI is InChI=1S/C10H17N3/c1-4-10(2,3)13-7-9-5-11-8-12-6-9/h5-6,8,13H,4,7H2,1-3H3. The molecule has 0 aromatic carbocycles. The fraction of sp³-hybridized carbons (Fsp3) is 0.600. The molecule has 0 fully saturated rings. The lowest BCUT2D eigenvalue weighted by atomic mass is 10.0. The Morgan fingerprint density at radius 3 is 2.46 bits per heavy atom. The Labute approximate surface area is 79.6 Å². The first-order chi connectivity index (χ1) is 6.14. The van der Waals surface area contributed by atoms with Crippen molar-refractivity contribution in [3.63, 3.8) is 0 Å². The lowest BCUT2D eigenvalue weighted by Crippen LogP contribution is -2.37. The summed E-state index contributed by atoms with van der Waals surface area (Å²) >= 11 is 0. The second-order valence-corrected chi connectivity index (χ2v) is 3.84. The molecule has 72 valence electrons. The summed E-state index contributed by atoms with van der Waals surface area (Å²) in [6, 6.07) is 0. The summed E-state index contributed by atoms with van der Waals surface area (Å²) in [5.41, 5.74) is 1.32. The molecule has 0 saturated carbocycles. The Balaban J connectivity index is 2.44. The van der Waals surface area contributed by atoms with Crippen LogP contribution in [0.2, 0.25) is 0 Å². The minimum Gasteiger partial charge on any atom is -0.308 e. The van der Waals surface area contributed by atoms with Crippen molar-refractivity contribution in [2.45, 2.75) is 39.3 Å². The Hall–Kier alpha value is -0.960. The van der Waals surface area contributed by atoms with E-state index in [-0.39, 0.29) is 5.54 Å². The topological polar surface area (TPSA) is 37.8 Å². The Kier molecular flexibility index (Phi) is 3.37. The van der Waals surface area contributed by atoms with Crippen molar-refractivity contribution in [3.05, 3.63) is 24.3 Å². The Morgan fingerprint density at radius 2 is 1.92 bits per heavy atom. The van der Waals surface area contributed by atoms with Crippen LogP contribution in [-0.4, -0.2) is 15.5 Å². The fourth-order valence-corrected chi connectivity index (χ4v) is 0.888. The average Bonchev–Trinajstić information content (AvgIpc) is 2.17. The Bertz CT molecular complexity index is 244. The molecule has 0 radical (unpaired) electrons. The maximum absolute atomic E-state index is 3.96. The van der Waals surface area contributed by atoms with E-state index in [1.165, 1.54) is 0 Å². The highest BCUT2D eigenvalue weighted by atomic mass is 15.0. The molecule has 0 saturated heterocycles. The quantitative estimate of drug-likeness (QED) is 0.765. The van der Waals surface area contributed by atoms with Crippen molar-refractivity contribution in [1.29, 1.82) is 0 Å². The van der Waals surface area contributed by atoms with Crippen LogP contribution in [0.25, 0.3) is 0 Å². The van der Waals surface area contributed by atoms with E-state index in [4.69, 9.17) is 0 Å². The molecule has 0 aliphatic carbocycles. The van der Waals surface area contributed by atoms with Crippen molar-refractivity contribution in [1.82, 2.24) is 15.3 Å². The van der Waals surface area contributed by atoms with Crippen LogP contribution in [-0.2, 0) is 6.54 Å². The summed E-state index contributed by atoms with van der Waals surface area (Å²) in [5, 5.41) is 3.44. The van der Waals surface area contributed by atoms with Crippen LogP contribution >= 0.6 is 0 Å². The van der Waals surface area contributed by atoms with Gasteiger partial charge < -0.3 is 5.32 Å². The molecule has 0 bridgehead atoms. The van der Waals surface area contributed by atoms with Crippen molar-refractivity contribution in [2.24, 2.45) is 0 Å². The molecule has 0 atom stereocenters. The van der Waals surface area contributed by atoms with E-state index in [2.05, 4.69) is 36.1 Å². The van der Waals surface area contributed by atoms with Gasteiger partial charge in [0.15, 0.2) is 0 Å². The van der Waals surface area contributed by atoms with Crippen LogP contribution in [0.1, 0.15) is 32.8 Å². The van der Waals surface area contributed by atoms with Crippen molar-refractivity contribution in [2.75, 3.05) is 0 Å². The van der Waals surface area contributed by atoms with E-state index in [1.807, 2.05) is 12.4 Å². The number of aromatic nitrogens is 2. The molecule has 0 amide bonds. The van der Waals surface area contributed by atoms with E-state index in [0.717, 1.165) is 18.5 Å². The first-order valence-corrected chi connectivity index (χ1v) is 4.63. The second kappa shape index (κ2) is 4.33. The van der Waals surface area contributed by atoms with Gasteiger partial charge >= 0.3 is 0 Å². The number of hydrogen-bond donors (Lipinski definition) is 1. The van der Waals surface area contributed by atoms with Crippen LogP contribution in [0.15, 0.2) is 18.7 Å². The van der Waals surface area contributed by atoms with Gasteiger partial charge in [-0.15, -0.1) is 0 Å². The molecule has 0 spiro atoms. The molecule has 1 heterocycles. The minimum absolute atomic E-state index is 0.190. The van der Waals surface area contributed by atoms with Gasteiger partial charge in [-0.3, -0.25) is 0 Å². The average molecular weight is 179 g/mol. The molecule has 0 aliphatic heterocycles. The van der Waals surface area contributed by atoms with E-state index in [1.54, 1.807) is 6.33 Å². The van der Waals surface area contributed by atoms with Gasteiger partial charge in [0.2, 0.25) is 0 Å². The maximum atomic E-state index is 3.96. The molecule has 1 rings (SSSR count). The number of rotatable bonds is 4. The monoisotopic (exact) mass is 179 g/mol. The molecule has 1 N–H and O–H groups in total. The maximum Gasteiger partial charge on any atom is 0.115 e. The summed E-state index contributed by atoms with van der Waals surface area (Å²) in [7, 11) is 0. The summed E-state index contributed by atoms with van der Waals surface area (Å²) in [6.45, 7) is 7.39. The summed E-state index contributed by atoms with van der Waals surface area (Å²) in [5.74, 6) is 0. The van der Waals surface area contributed by atoms with Crippen molar-refractivity contribution in [3.8, 4) is 0 Å². The SMILES string of the molecule is CCC(C)(C)NCc1cncnc1. The lowest BCUT2D eigenvalue weighted by Gasteiger charge is -2.24. The second-order valence-electron chi connectivity index (χ2n) is 3.84. The zero-order chi connectivity index (χ0) is 9.73. The van der Waals surface area contributed by atoms with Gasteiger partial charge in [-0.1, -0.05) is 6.92 Å². The van der Waals surface area contributed by atoms with Gasteiger partial charge in [0.25, 0.3) is 0 Å². The summed E-state index contributed by atoms with van der Waals surface area (Å²) in [4.78, 5) is 7.92. The fourth-order valence-electron chi connectivity index (χ4n) is 0.888. The molecule has 3 heteroatoms. The Morgan fingerprint density at radius 1 is 1.31 bits per heavy atom. The van der Waals surface area contributed by atoms with E-state index >= 15 is 0 Å². The van der Waals surface area contributed by atoms with Gasteiger partial charge in [-0.05, 0) is 20.3 Å². The van der Waals surface area contributed by atoms with Crippen LogP contribution in [0.3, 0.4) is 0 Å². The first kappa shape index (κ1) is 10.1. The lowest BCUT2D eigenvalue weighted by molar-refractivity contribution is 0.374. The molecule has 0 unspecified atom stereocenters. The molecule has 1 aromatic heterocycles. The highest BCUT2D eigenvalue weighted by Crippen LogP contribution is 2.07. The predicted molar refractivity (Wildman–Crippen MR) is 53.2 cm³/mol. The molecule has 13 heavy (non-hydrogen) atoms. The van der Waals surface area contributed by atoms with Crippen LogP contribution in [0, 0.1) is 0 Å². The zero-order valence-electron chi connectivity index (χ0n) is 8.54. The zero-order valence-corrected chi connectivity index (χ0v) is 8.54. The van der Waals surface area contributed by atoms with E-state index < -0.39 is 0 Å². The van der Waals surface area contributed by atoms with Gasteiger partial charge in [-0.2, -0.15) is 0 Å². The third-order valence-electron chi connectivity index (χ3n) is 2.27. The third-order valence-corrected chi connectivity index (χ3v) is 2.27. The largest absolute Gasteiger partial charge is 0.308 e. The highest BCUT2D eigenvalue weighted by Gasteiger charge is 2.12. The van der Waals surface area contributed by atoms with E-state index in [0.29, 0.717) is 0 Å². The van der Waals surface area contributed by atoms with Gasteiger partial charge in [0.1, 0.15) is 6.33 Å². The third kappa shape index (κ3) is 3.51. The van der Waals surface area contributed by atoms with E-state index in [9.17, 15) is 0 Å². The minimum atomic E-state index is 0.190. The smallest absolute Gasteiger partial charge is 0.115 e. The normalized spacial score (nSPS) is 11.6. The molecule has 3 nitrogen and oxygen atoms in total. The van der Waals surface area contributed by atoms with Crippen LogP contribution in [0.5, 0.6) is 0 Å². The highest BCUT2D eigenvalue weighted by molar-refractivity contribution is 5.02. The molecular weight excluding hydrogens is 162 g/mol. The molecular formula is C10H17N3.